The first-order valence-corrected chi connectivity index (χ1v) is 7.09. The summed E-state index contributed by atoms with van der Waals surface area (Å²) in [5.74, 6) is 0.596. The molecule has 1 heterocycles. The molecule has 20 heavy (non-hydrogen) atoms. The molecule has 2 aromatic carbocycles. The van der Waals surface area contributed by atoms with Gasteiger partial charge in [0.1, 0.15) is 5.75 Å². The monoisotopic (exact) mass is 369 g/mol. The molecule has 0 atom stereocenters. The second-order valence-corrected chi connectivity index (χ2v) is 5.50. The SMILES string of the molecule is Clc1nc(Cl)nc(Oc2ccc3cc(Br)ccc3c2)n1. The normalized spacial score (nSPS) is 10.8. The van der Waals surface area contributed by atoms with E-state index in [1.807, 2.05) is 36.4 Å². The van der Waals surface area contributed by atoms with Gasteiger partial charge in [-0.1, -0.05) is 28.1 Å². The molecule has 0 radical (unpaired) electrons. The van der Waals surface area contributed by atoms with E-state index < -0.39 is 0 Å². The number of ether oxygens (including phenoxy) is 1. The minimum atomic E-state index is -0.00952. The minimum absolute atomic E-state index is 0.00952. The van der Waals surface area contributed by atoms with Crippen molar-refractivity contribution in [2.75, 3.05) is 0 Å². The van der Waals surface area contributed by atoms with Gasteiger partial charge in [-0.05, 0) is 58.2 Å². The summed E-state index contributed by atoms with van der Waals surface area (Å²) >= 11 is 14.8. The van der Waals surface area contributed by atoms with Crippen LogP contribution in [0.4, 0.5) is 0 Å². The van der Waals surface area contributed by atoms with Gasteiger partial charge in [0.2, 0.25) is 10.6 Å². The lowest BCUT2D eigenvalue weighted by Gasteiger charge is -2.05. The molecule has 3 aromatic rings. The molecule has 0 aliphatic heterocycles. The van der Waals surface area contributed by atoms with E-state index in [1.54, 1.807) is 0 Å². The first-order valence-electron chi connectivity index (χ1n) is 5.54. The van der Waals surface area contributed by atoms with Crippen LogP contribution in [0.2, 0.25) is 10.6 Å². The largest absolute Gasteiger partial charge is 0.424 e. The number of hydrogen-bond acceptors (Lipinski definition) is 4. The lowest BCUT2D eigenvalue weighted by Crippen LogP contribution is -1.95. The van der Waals surface area contributed by atoms with Gasteiger partial charge in [-0.15, -0.1) is 0 Å². The summed E-state index contributed by atoms with van der Waals surface area (Å²) in [5.41, 5.74) is 0. The zero-order valence-corrected chi connectivity index (χ0v) is 12.9. The van der Waals surface area contributed by atoms with Crippen LogP contribution in [0.5, 0.6) is 11.8 Å². The van der Waals surface area contributed by atoms with E-state index in [0.717, 1.165) is 15.2 Å². The van der Waals surface area contributed by atoms with E-state index >= 15 is 0 Å². The van der Waals surface area contributed by atoms with Crippen LogP contribution in [0.15, 0.2) is 40.9 Å². The number of aromatic nitrogens is 3. The molecule has 7 heteroatoms. The van der Waals surface area contributed by atoms with Gasteiger partial charge in [-0.25, -0.2) is 0 Å². The van der Waals surface area contributed by atoms with Crippen molar-refractivity contribution < 1.29 is 4.74 Å². The van der Waals surface area contributed by atoms with Crippen molar-refractivity contribution in [3.05, 3.63) is 51.4 Å². The van der Waals surface area contributed by atoms with Crippen molar-refractivity contribution in [2.24, 2.45) is 0 Å². The second kappa shape index (κ2) is 5.52. The zero-order chi connectivity index (χ0) is 14.1. The number of fused-ring (bicyclic) bond motifs is 1. The molecule has 0 unspecified atom stereocenters. The Morgan fingerprint density at radius 1 is 0.850 bits per heavy atom. The fourth-order valence-electron chi connectivity index (χ4n) is 1.72. The van der Waals surface area contributed by atoms with Crippen LogP contribution in [0, 0.1) is 0 Å². The van der Waals surface area contributed by atoms with E-state index in [4.69, 9.17) is 27.9 Å². The molecule has 3 rings (SSSR count). The van der Waals surface area contributed by atoms with E-state index in [2.05, 4.69) is 30.9 Å². The predicted molar refractivity (Wildman–Crippen MR) is 81.6 cm³/mol. The highest BCUT2D eigenvalue weighted by atomic mass is 79.9. The Morgan fingerprint density at radius 2 is 1.50 bits per heavy atom. The van der Waals surface area contributed by atoms with Gasteiger partial charge in [0.15, 0.2) is 0 Å². The van der Waals surface area contributed by atoms with Crippen molar-refractivity contribution in [1.82, 2.24) is 15.0 Å². The Kier molecular flexibility index (Phi) is 3.74. The Hall–Kier alpha value is -1.43. The van der Waals surface area contributed by atoms with Gasteiger partial charge in [0, 0.05) is 4.47 Å². The van der Waals surface area contributed by atoms with Gasteiger partial charge in [0.05, 0.1) is 0 Å². The van der Waals surface area contributed by atoms with Crippen molar-refractivity contribution in [3.63, 3.8) is 0 Å². The predicted octanol–water partition coefficient (Wildman–Crippen LogP) is 4.89. The van der Waals surface area contributed by atoms with E-state index in [9.17, 15) is 0 Å². The van der Waals surface area contributed by atoms with Crippen molar-refractivity contribution in [1.29, 1.82) is 0 Å². The molecule has 100 valence electrons. The van der Waals surface area contributed by atoms with Crippen LogP contribution in [0.1, 0.15) is 0 Å². The third-order valence-electron chi connectivity index (χ3n) is 2.54. The Bertz CT molecular complexity index is 777. The maximum Gasteiger partial charge on any atom is 0.327 e. The number of nitrogens with zero attached hydrogens (tertiary/aromatic N) is 3. The minimum Gasteiger partial charge on any atom is -0.424 e. The van der Waals surface area contributed by atoms with E-state index in [-0.39, 0.29) is 16.6 Å². The molecule has 0 spiro atoms. The zero-order valence-electron chi connectivity index (χ0n) is 9.85. The topological polar surface area (TPSA) is 47.9 Å². The number of halogens is 3. The maximum atomic E-state index is 5.70. The van der Waals surface area contributed by atoms with Gasteiger partial charge in [-0.3, -0.25) is 0 Å². The summed E-state index contributed by atoms with van der Waals surface area (Å²) < 4.78 is 6.56. The summed E-state index contributed by atoms with van der Waals surface area (Å²) in [7, 11) is 0. The highest BCUT2D eigenvalue weighted by molar-refractivity contribution is 9.10. The summed E-state index contributed by atoms with van der Waals surface area (Å²) in [6.07, 6.45) is 0. The fourth-order valence-corrected chi connectivity index (χ4v) is 2.44. The second-order valence-electron chi connectivity index (χ2n) is 3.91. The van der Waals surface area contributed by atoms with Crippen molar-refractivity contribution in [2.45, 2.75) is 0 Å². The van der Waals surface area contributed by atoms with Crippen molar-refractivity contribution >= 4 is 49.9 Å². The number of rotatable bonds is 2. The molecule has 0 aliphatic rings. The van der Waals surface area contributed by atoms with Crippen molar-refractivity contribution in [3.8, 4) is 11.8 Å². The van der Waals surface area contributed by atoms with Crippen LogP contribution in [0.3, 0.4) is 0 Å². The standard InChI is InChI=1S/C13H6BrCl2N3O/c14-9-3-1-8-6-10(4-2-7(8)5-9)20-13-18-11(15)17-12(16)19-13/h1-6H. The summed E-state index contributed by atoms with van der Waals surface area (Å²) in [6, 6.07) is 11.7. The Morgan fingerprint density at radius 3 is 2.25 bits per heavy atom. The average Bonchev–Trinajstić information content (AvgIpc) is 2.38. The molecule has 0 amide bonds. The quantitative estimate of drug-likeness (QED) is 0.644. The molecule has 0 fully saturated rings. The Balaban J connectivity index is 1.96. The molecule has 4 nitrogen and oxygen atoms in total. The van der Waals surface area contributed by atoms with Gasteiger partial charge < -0.3 is 4.74 Å². The molecule has 0 aliphatic carbocycles. The smallest absolute Gasteiger partial charge is 0.327 e. The van der Waals surface area contributed by atoms with Crippen LogP contribution in [0.25, 0.3) is 10.8 Å². The fraction of sp³-hybridized carbons (Fsp3) is 0. The van der Waals surface area contributed by atoms with Gasteiger partial charge >= 0.3 is 6.01 Å². The van der Waals surface area contributed by atoms with Crippen LogP contribution in [-0.2, 0) is 0 Å². The molecule has 0 saturated heterocycles. The van der Waals surface area contributed by atoms with Gasteiger partial charge in [0.25, 0.3) is 0 Å². The maximum absolute atomic E-state index is 5.70. The van der Waals surface area contributed by atoms with Gasteiger partial charge in [-0.2, -0.15) is 15.0 Å². The van der Waals surface area contributed by atoms with E-state index in [1.165, 1.54) is 0 Å². The lowest BCUT2D eigenvalue weighted by molar-refractivity contribution is 0.440. The summed E-state index contributed by atoms with van der Waals surface area (Å²) in [5, 5.41) is 2.12. The third kappa shape index (κ3) is 3.00. The lowest BCUT2D eigenvalue weighted by atomic mass is 10.1. The van der Waals surface area contributed by atoms with Crippen LogP contribution < -0.4 is 4.74 Å². The summed E-state index contributed by atoms with van der Waals surface area (Å²) in [4.78, 5) is 11.4. The molecule has 1 aromatic heterocycles. The third-order valence-corrected chi connectivity index (χ3v) is 3.37. The highest BCUT2D eigenvalue weighted by Gasteiger charge is 2.06. The molecule has 0 bridgehead atoms. The molecular formula is C13H6BrCl2N3O. The van der Waals surface area contributed by atoms with Crippen LogP contribution in [-0.4, -0.2) is 15.0 Å². The number of hydrogen-bond donors (Lipinski definition) is 0. The Labute approximate surface area is 132 Å². The number of benzene rings is 2. The molecule has 0 N–H and O–H groups in total. The molecule has 0 saturated carbocycles. The first-order chi connectivity index (χ1) is 9.60. The average molecular weight is 371 g/mol. The molecular weight excluding hydrogens is 365 g/mol. The summed E-state index contributed by atoms with van der Waals surface area (Å²) in [6.45, 7) is 0. The first kappa shape index (κ1) is 13.5. The van der Waals surface area contributed by atoms with E-state index in [0.29, 0.717) is 5.75 Å². The van der Waals surface area contributed by atoms with Crippen LogP contribution >= 0.6 is 39.1 Å². The highest BCUT2D eigenvalue weighted by Crippen LogP contribution is 2.26.